The van der Waals surface area contributed by atoms with Gasteiger partial charge < -0.3 is 4.90 Å². The van der Waals surface area contributed by atoms with Crippen LogP contribution in [0.25, 0.3) is 0 Å². The highest BCUT2D eigenvalue weighted by atomic mass is 16.2. The smallest absolute Gasteiger partial charge is 0.243 e. The molecule has 3 rings (SSSR count). The summed E-state index contributed by atoms with van der Waals surface area (Å²) in [5.74, 6) is -0.310. The minimum atomic E-state index is -0.491. The standard InChI is InChI=1S/C18H28N2O3/c1-13-7-6-8-14(2)20(13)16(22)12-19-15(21)11-18(17(19)23)9-4-3-5-10-18/h13-14H,3-12H2,1-2H3. The van der Waals surface area contributed by atoms with Gasteiger partial charge in [-0.15, -0.1) is 0 Å². The molecule has 128 valence electrons. The van der Waals surface area contributed by atoms with Crippen molar-refractivity contribution >= 4 is 17.7 Å². The number of amides is 3. The van der Waals surface area contributed by atoms with Crippen molar-refractivity contribution in [1.29, 1.82) is 0 Å². The van der Waals surface area contributed by atoms with E-state index in [4.69, 9.17) is 0 Å². The highest BCUT2D eigenvalue weighted by Gasteiger charge is 2.52. The summed E-state index contributed by atoms with van der Waals surface area (Å²) in [4.78, 5) is 41.0. The fourth-order valence-electron chi connectivity index (χ4n) is 4.77. The van der Waals surface area contributed by atoms with Crippen LogP contribution in [0.3, 0.4) is 0 Å². The second kappa shape index (κ2) is 6.25. The highest BCUT2D eigenvalue weighted by molar-refractivity contribution is 6.08. The number of rotatable bonds is 2. The van der Waals surface area contributed by atoms with Gasteiger partial charge in [0.25, 0.3) is 0 Å². The van der Waals surface area contributed by atoms with Crippen molar-refractivity contribution in [3.63, 3.8) is 0 Å². The fraction of sp³-hybridized carbons (Fsp3) is 0.833. The molecule has 0 aromatic rings. The Bertz CT molecular complexity index is 500. The Morgan fingerprint density at radius 2 is 1.65 bits per heavy atom. The van der Waals surface area contributed by atoms with Crippen LogP contribution in [0.1, 0.15) is 71.6 Å². The molecule has 2 saturated heterocycles. The van der Waals surface area contributed by atoms with Crippen molar-refractivity contribution < 1.29 is 14.4 Å². The van der Waals surface area contributed by atoms with Crippen LogP contribution in [0.5, 0.6) is 0 Å². The minimum Gasteiger partial charge on any atom is -0.336 e. The first-order chi connectivity index (χ1) is 10.9. The zero-order valence-electron chi connectivity index (χ0n) is 14.3. The monoisotopic (exact) mass is 320 g/mol. The fourth-order valence-corrected chi connectivity index (χ4v) is 4.77. The lowest BCUT2D eigenvalue weighted by atomic mass is 9.73. The molecule has 3 fully saturated rings. The van der Waals surface area contributed by atoms with Crippen LogP contribution in [0.4, 0.5) is 0 Å². The number of carbonyl (C=O) groups excluding carboxylic acids is 3. The molecule has 3 amide bonds. The molecule has 0 N–H and O–H groups in total. The van der Waals surface area contributed by atoms with Crippen LogP contribution in [0.15, 0.2) is 0 Å². The Kier molecular flexibility index (Phi) is 4.47. The zero-order valence-corrected chi connectivity index (χ0v) is 14.3. The maximum atomic E-state index is 12.8. The van der Waals surface area contributed by atoms with Gasteiger partial charge in [0, 0.05) is 18.5 Å². The Labute approximate surface area is 138 Å². The Hall–Kier alpha value is -1.39. The Morgan fingerprint density at radius 1 is 1.04 bits per heavy atom. The third kappa shape index (κ3) is 2.90. The average Bonchev–Trinajstić information content (AvgIpc) is 2.72. The van der Waals surface area contributed by atoms with E-state index in [2.05, 4.69) is 13.8 Å². The molecule has 3 aliphatic rings. The van der Waals surface area contributed by atoms with Crippen LogP contribution in [-0.2, 0) is 14.4 Å². The van der Waals surface area contributed by atoms with Crippen LogP contribution >= 0.6 is 0 Å². The van der Waals surface area contributed by atoms with Gasteiger partial charge in [-0.25, -0.2) is 0 Å². The molecule has 5 nitrogen and oxygen atoms in total. The summed E-state index contributed by atoms with van der Waals surface area (Å²) in [5, 5.41) is 0. The highest BCUT2D eigenvalue weighted by Crippen LogP contribution is 2.45. The normalized spacial score (nSPS) is 31.0. The van der Waals surface area contributed by atoms with Gasteiger partial charge in [-0.05, 0) is 46.0 Å². The van der Waals surface area contributed by atoms with E-state index in [0.29, 0.717) is 6.42 Å². The average molecular weight is 320 g/mol. The number of carbonyl (C=O) groups is 3. The summed E-state index contributed by atoms with van der Waals surface area (Å²) < 4.78 is 0. The van der Waals surface area contributed by atoms with Crippen LogP contribution in [0, 0.1) is 5.41 Å². The predicted molar refractivity (Wildman–Crippen MR) is 86.5 cm³/mol. The lowest BCUT2D eigenvalue weighted by Crippen LogP contribution is -2.52. The van der Waals surface area contributed by atoms with E-state index in [9.17, 15) is 14.4 Å². The SMILES string of the molecule is CC1CCCC(C)N1C(=O)CN1C(=O)CC2(CCCCC2)C1=O. The van der Waals surface area contributed by atoms with E-state index in [0.717, 1.165) is 51.4 Å². The van der Waals surface area contributed by atoms with Crippen LogP contribution < -0.4 is 0 Å². The number of imide groups is 1. The third-order valence-corrected chi connectivity index (χ3v) is 6.08. The molecule has 2 heterocycles. The summed E-state index contributed by atoms with van der Waals surface area (Å²) in [7, 11) is 0. The number of hydrogen-bond acceptors (Lipinski definition) is 3. The van der Waals surface area contributed by atoms with Crippen molar-refractivity contribution in [1.82, 2.24) is 9.80 Å². The van der Waals surface area contributed by atoms with Crippen molar-refractivity contribution in [2.24, 2.45) is 5.41 Å². The topological polar surface area (TPSA) is 57.7 Å². The molecule has 0 bridgehead atoms. The minimum absolute atomic E-state index is 0.0614. The molecule has 1 saturated carbocycles. The van der Waals surface area contributed by atoms with Gasteiger partial charge in [0.1, 0.15) is 6.54 Å². The van der Waals surface area contributed by atoms with Crippen molar-refractivity contribution in [3.05, 3.63) is 0 Å². The van der Waals surface area contributed by atoms with Gasteiger partial charge >= 0.3 is 0 Å². The van der Waals surface area contributed by atoms with Gasteiger partial charge in [-0.3, -0.25) is 19.3 Å². The summed E-state index contributed by atoms with van der Waals surface area (Å²) in [6.07, 6.45) is 8.23. The lowest BCUT2D eigenvalue weighted by Gasteiger charge is -2.39. The van der Waals surface area contributed by atoms with Gasteiger partial charge in [-0.1, -0.05) is 19.3 Å². The number of hydrogen-bond donors (Lipinski definition) is 0. The molecule has 2 aliphatic heterocycles. The molecule has 23 heavy (non-hydrogen) atoms. The molecule has 0 aromatic carbocycles. The van der Waals surface area contributed by atoms with Gasteiger partial charge in [0.15, 0.2) is 0 Å². The van der Waals surface area contributed by atoms with Gasteiger partial charge in [0.05, 0.1) is 5.41 Å². The summed E-state index contributed by atoms with van der Waals surface area (Å²) in [5.41, 5.74) is -0.491. The number of piperidine rings is 1. The number of likely N-dealkylation sites (tertiary alicyclic amines) is 2. The van der Waals surface area contributed by atoms with E-state index in [-0.39, 0.29) is 36.3 Å². The van der Waals surface area contributed by atoms with Crippen LogP contribution in [-0.4, -0.2) is 46.1 Å². The lowest BCUT2D eigenvalue weighted by molar-refractivity contribution is -0.150. The molecule has 5 heteroatoms. The third-order valence-electron chi connectivity index (χ3n) is 6.08. The maximum Gasteiger partial charge on any atom is 0.243 e. The molecule has 2 unspecified atom stereocenters. The molecule has 1 spiro atoms. The Balaban J connectivity index is 1.71. The molecular weight excluding hydrogens is 292 g/mol. The second-order valence-electron chi connectivity index (χ2n) is 7.73. The first kappa shape index (κ1) is 16.5. The van der Waals surface area contributed by atoms with E-state index in [1.165, 1.54) is 4.90 Å². The van der Waals surface area contributed by atoms with Crippen molar-refractivity contribution in [3.8, 4) is 0 Å². The van der Waals surface area contributed by atoms with E-state index < -0.39 is 5.41 Å². The van der Waals surface area contributed by atoms with Crippen LogP contribution in [0.2, 0.25) is 0 Å². The zero-order chi connectivity index (χ0) is 16.6. The molecule has 0 radical (unpaired) electrons. The van der Waals surface area contributed by atoms with Crippen molar-refractivity contribution in [2.45, 2.75) is 83.7 Å². The van der Waals surface area contributed by atoms with E-state index in [1.807, 2.05) is 4.90 Å². The molecule has 1 aliphatic carbocycles. The summed E-state index contributed by atoms with van der Waals surface area (Å²) >= 11 is 0. The van der Waals surface area contributed by atoms with E-state index in [1.54, 1.807) is 0 Å². The predicted octanol–water partition coefficient (Wildman–Crippen LogP) is 2.49. The first-order valence-electron chi connectivity index (χ1n) is 9.10. The van der Waals surface area contributed by atoms with Gasteiger partial charge in [-0.2, -0.15) is 0 Å². The van der Waals surface area contributed by atoms with Gasteiger partial charge in [0.2, 0.25) is 17.7 Å². The largest absolute Gasteiger partial charge is 0.336 e. The molecular formula is C18H28N2O3. The molecule has 0 aromatic heterocycles. The second-order valence-corrected chi connectivity index (χ2v) is 7.73. The summed E-state index contributed by atoms with van der Waals surface area (Å²) in [6, 6.07) is 0.394. The summed E-state index contributed by atoms with van der Waals surface area (Å²) in [6.45, 7) is 4.06. The quantitative estimate of drug-likeness (QED) is 0.735. The first-order valence-corrected chi connectivity index (χ1v) is 9.10. The molecule has 2 atom stereocenters. The van der Waals surface area contributed by atoms with Crippen molar-refractivity contribution in [2.75, 3.05) is 6.54 Å². The number of nitrogens with zero attached hydrogens (tertiary/aromatic N) is 2. The maximum absolute atomic E-state index is 12.8. The Morgan fingerprint density at radius 3 is 2.26 bits per heavy atom. The van der Waals surface area contributed by atoms with E-state index >= 15 is 0 Å².